The Bertz CT molecular complexity index is 1110. The molecule has 0 unspecified atom stereocenters. The molecule has 3 rings (SSSR count). The number of halogens is 5. The zero-order chi connectivity index (χ0) is 22.4. The molecule has 0 fully saturated rings. The fourth-order valence-electron chi connectivity index (χ4n) is 2.55. The number of ether oxygens (including phenoxy) is 1. The van der Waals surface area contributed by atoms with Gasteiger partial charge in [-0.1, -0.05) is 18.2 Å². The van der Waals surface area contributed by atoms with Crippen molar-refractivity contribution in [3.05, 3.63) is 82.5 Å². The quantitative estimate of drug-likeness (QED) is 0.253. The van der Waals surface area contributed by atoms with Crippen LogP contribution < -0.4 is 9.54 Å². The summed E-state index contributed by atoms with van der Waals surface area (Å²) in [7, 11) is 0. The summed E-state index contributed by atoms with van der Waals surface area (Å²) in [5.41, 5.74) is 1.01. The maximum atomic E-state index is 12.7. The third kappa shape index (κ3) is 5.88. The van der Waals surface area contributed by atoms with Gasteiger partial charge in [0.2, 0.25) is 4.80 Å². The van der Waals surface area contributed by atoms with Crippen LogP contribution in [0.5, 0.6) is 5.75 Å². The van der Waals surface area contributed by atoms with Gasteiger partial charge < -0.3 is 4.74 Å². The molecule has 4 nitrogen and oxygen atoms in total. The monoisotopic (exact) mass is 453 g/mol. The van der Waals surface area contributed by atoms with Crippen LogP contribution in [0.1, 0.15) is 11.1 Å². The summed E-state index contributed by atoms with van der Waals surface area (Å²) in [5.74, 6) is 0.0188. The topological polar surface area (TPSA) is 38.9 Å². The summed E-state index contributed by atoms with van der Waals surface area (Å²) in [6, 6.07) is 10.6. The SMILES string of the molecule is C=CCN=c1scc(-c2ccc(OC(F)F)cc2)n1N=Cc1ccc(C(F)(F)F)cc1. The van der Waals surface area contributed by atoms with Crippen LogP contribution in [-0.4, -0.2) is 24.0 Å². The van der Waals surface area contributed by atoms with Gasteiger partial charge in [-0.3, -0.25) is 4.99 Å². The third-order valence-corrected chi connectivity index (χ3v) is 4.83. The average Bonchev–Trinajstić information content (AvgIpc) is 3.13. The smallest absolute Gasteiger partial charge is 0.416 e. The van der Waals surface area contributed by atoms with E-state index in [-0.39, 0.29) is 5.75 Å². The Morgan fingerprint density at radius 3 is 2.32 bits per heavy atom. The van der Waals surface area contributed by atoms with Crippen LogP contribution >= 0.6 is 11.3 Å². The van der Waals surface area contributed by atoms with Crippen molar-refractivity contribution >= 4 is 17.6 Å². The van der Waals surface area contributed by atoms with Crippen molar-refractivity contribution < 1.29 is 26.7 Å². The van der Waals surface area contributed by atoms with Crippen molar-refractivity contribution in [2.75, 3.05) is 6.54 Å². The Morgan fingerprint density at radius 1 is 1.06 bits per heavy atom. The van der Waals surface area contributed by atoms with Crippen LogP contribution in [0.15, 0.2) is 76.7 Å². The predicted molar refractivity (Wildman–Crippen MR) is 109 cm³/mol. The molecule has 0 atom stereocenters. The van der Waals surface area contributed by atoms with Gasteiger partial charge in [-0.15, -0.1) is 17.9 Å². The molecule has 10 heteroatoms. The van der Waals surface area contributed by atoms with Crippen molar-refractivity contribution in [3.63, 3.8) is 0 Å². The Balaban J connectivity index is 1.95. The molecule has 0 spiro atoms. The number of aromatic nitrogens is 1. The van der Waals surface area contributed by atoms with Crippen LogP contribution in [0.2, 0.25) is 0 Å². The number of nitrogens with zero attached hydrogens (tertiary/aromatic N) is 3. The summed E-state index contributed by atoms with van der Waals surface area (Å²) in [6.07, 6.45) is -1.39. The Labute approximate surface area is 178 Å². The van der Waals surface area contributed by atoms with Crippen molar-refractivity contribution in [2.24, 2.45) is 10.1 Å². The van der Waals surface area contributed by atoms with Gasteiger partial charge in [0, 0.05) is 10.9 Å². The van der Waals surface area contributed by atoms with Gasteiger partial charge in [0.15, 0.2) is 0 Å². The molecule has 1 heterocycles. The van der Waals surface area contributed by atoms with E-state index in [0.717, 1.165) is 12.1 Å². The number of alkyl halides is 5. The van der Waals surface area contributed by atoms with E-state index in [2.05, 4.69) is 21.4 Å². The fourth-order valence-corrected chi connectivity index (χ4v) is 3.40. The van der Waals surface area contributed by atoms with Crippen molar-refractivity contribution in [2.45, 2.75) is 12.8 Å². The number of rotatable bonds is 7. The molecule has 0 radical (unpaired) electrons. The first-order valence-corrected chi connectivity index (χ1v) is 9.74. The van der Waals surface area contributed by atoms with Gasteiger partial charge >= 0.3 is 12.8 Å². The second-order valence-electron chi connectivity index (χ2n) is 6.11. The number of hydrogen-bond donors (Lipinski definition) is 0. The maximum Gasteiger partial charge on any atom is 0.416 e. The number of hydrogen-bond acceptors (Lipinski definition) is 4. The normalized spacial score (nSPS) is 12.6. The molecule has 162 valence electrons. The lowest BCUT2D eigenvalue weighted by Gasteiger charge is -2.07. The summed E-state index contributed by atoms with van der Waals surface area (Å²) >= 11 is 1.30. The molecule has 0 aliphatic carbocycles. The standard InChI is InChI=1S/C21H16F5N3OS/c1-2-11-27-20-29(28-12-14-3-7-16(8-4-14)21(24,25)26)18(13-31-20)15-5-9-17(10-6-15)30-19(22)23/h2-10,12-13,19H,1,11H2. The van der Waals surface area contributed by atoms with E-state index >= 15 is 0 Å². The Kier molecular flexibility index (Phi) is 7.01. The molecule has 2 aromatic carbocycles. The van der Waals surface area contributed by atoms with Gasteiger partial charge in [-0.25, -0.2) is 4.68 Å². The first-order chi connectivity index (χ1) is 14.8. The molecule has 1 aromatic heterocycles. The highest BCUT2D eigenvalue weighted by molar-refractivity contribution is 7.07. The first kappa shape index (κ1) is 22.4. The van der Waals surface area contributed by atoms with E-state index in [4.69, 9.17) is 0 Å². The van der Waals surface area contributed by atoms with Crippen LogP contribution in [0.4, 0.5) is 22.0 Å². The zero-order valence-electron chi connectivity index (χ0n) is 15.9. The fraction of sp³-hybridized carbons (Fsp3) is 0.143. The molecule has 0 amide bonds. The molecule has 0 aliphatic heterocycles. The first-order valence-electron chi connectivity index (χ1n) is 8.86. The number of thiazole rings is 1. The van der Waals surface area contributed by atoms with E-state index in [1.54, 1.807) is 23.6 Å². The summed E-state index contributed by atoms with van der Waals surface area (Å²) in [5, 5.41) is 6.16. The molecule has 3 aromatic rings. The van der Waals surface area contributed by atoms with E-state index in [9.17, 15) is 22.0 Å². The van der Waals surface area contributed by atoms with E-state index in [1.165, 1.54) is 46.5 Å². The molecule has 0 N–H and O–H groups in total. The van der Waals surface area contributed by atoms with Crippen molar-refractivity contribution in [3.8, 4) is 17.0 Å². The Morgan fingerprint density at radius 2 is 1.74 bits per heavy atom. The van der Waals surface area contributed by atoms with Crippen LogP contribution in [0, 0.1) is 0 Å². The minimum atomic E-state index is -4.41. The number of benzene rings is 2. The zero-order valence-corrected chi connectivity index (χ0v) is 16.7. The van der Waals surface area contributed by atoms with E-state index in [0.29, 0.717) is 28.2 Å². The molecular weight excluding hydrogens is 437 g/mol. The van der Waals surface area contributed by atoms with Crippen molar-refractivity contribution in [1.29, 1.82) is 0 Å². The average molecular weight is 453 g/mol. The predicted octanol–water partition coefficient (Wildman–Crippen LogP) is 5.81. The van der Waals surface area contributed by atoms with Gasteiger partial charge in [-0.2, -0.15) is 27.1 Å². The van der Waals surface area contributed by atoms with E-state index in [1.807, 2.05) is 0 Å². The van der Waals surface area contributed by atoms with Gasteiger partial charge in [0.1, 0.15) is 5.75 Å². The minimum absolute atomic E-state index is 0.0188. The minimum Gasteiger partial charge on any atom is -0.435 e. The Hall–Kier alpha value is -3.27. The lowest BCUT2D eigenvalue weighted by molar-refractivity contribution is -0.137. The summed E-state index contributed by atoms with van der Waals surface area (Å²) < 4.78 is 68.8. The highest BCUT2D eigenvalue weighted by Gasteiger charge is 2.29. The largest absolute Gasteiger partial charge is 0.435 e. The van der Waals surface area contributed by atoms with Gasteiger partial charge in [-0.05, 0) is 42.0 Å². The second kappa shape index (κ2) is 9.69. The molecule has 31 heavy (non-hydrogen) atoms. The van der Waals surface area contributed by atoms with Gasteiger partial charge in [0.25, 0.3) is 0 Å². The summed E-state index contributed by atoms with van der Waals surface area (Å²) in [6.45, 7) is 1.04. The third-order valence-electron chi connectivity index (χ3n) is 3.98. The summed E-state index contributed by atoms with van der Waals surface area (Å²) in [4.78, 5) is 4.90. The van der Waals surface area contributed by atoms with E-state index < -0.39 is 18.4 Å². The van der Waals surface area contributed by atoms with Gasteiger partial charge in [0.05, 0.1) is 24.0 Å². The molecular formula is C21H16F5N3OS. The maximum absolute atomic E-state index is 12.7. The van der Waals surface area contributed by atoms with Crippen LogP contribution in [0.25, 0.3) is 11.3 Å². The van der Waals surface area contributed by atoms with Crippen LogP contribution in [0.3, 0.4) is 0 Å². The lowest BCUT2D eigenvalue weighted by Crippen LogP contribution is -2.12. The highest BCUT2D eigenvalue weighted by Crippen LogP contribution is 2.29. The molecule has 0 bridgehead atoms. The second-order valence-corrected chi connectivity index (χ2v) is 6.95. The molecule has 0 aliphatic rings. The molecule has 0 saturated carbocycles. The van der Waals surface area contributed by atoms with Crippen molar-refractivity contribution in [1.82, 2.24) is 4.68 Å². The lowest BCUT2D eigenvalue weighted by atomic mass is 10.1. The highest BCUT2D eigenvalue weighted by atomic mass is 32.1. The van der Waals surface area contributed by atoms with Crippen LogP contribution in [-0.2, 0) is 6.18 Å². The molecule has 0 saturated heterocycles.